The maximum absolute atomic E-state index is 4.61. The second kappa shape index (κ2) is 6.29. The van der Waals surface area contributed by atoms with E-state index in [1.165, 1.54) is 12.7 Å². The average molecular weight is 312 g/mol. The van der Waals surface area contributed by atoms with E-state index in [1.807, 2.05) is 60.7 Å². The molecular weight excluding hydrogens is 300 g/mol. The summed E-state index contributed by atoms with van der Waals surface area (Å²) in [5, 5.41) is 0. The van der Waals surface area contributed by atoms with Crippen molar-refractivity contribution < 1.29 is 0 Å². The number of hydrogen-bond acceptors (Lipinski definition) is 6. The predicted octanol–water partition coefficient (Wildman–Crippen LogP) is 3.06. The lowest BCUT2D eigenvalue weighted by molar-refractivity contribution is 0.994. The van der Waals surface area contributed by atoms with Crippen molar-refractivity contribution in [3.63, 3.8) is 0 Å². The van der Waals surface area contributed by atoms with Gasteiger partial charge < -0.3 is 0 Å². The maximum atomic E-state index is 4.61. The molecule has 0 aliphatic rings. The van der Waals surface area contributed by atoms with E-state index in [0.717, 1.165) is 11.1 Å². The summed E-state index contributed by atoms with van der Waals surface area (Å²) < 4.78 is 0. The van der Waals surface area contributed by atoms with Gasteiger partial charge in [0.05, 0.1) is 0 Å². The first kappa shape index (κ1) is 14.1. The molecule has 0 radical (unpaired) electrons. The minimum absolute atomic E-state index is 0.418. The van der Waals surface area contributed by atoms with E-state index in [2.05, 4.69) is 29.9 Å². The van der Waals surface area contributed by atoms with Gasteiger partial charge in [-0.2, -0.15) is 0 Å². The molecule has 114 valence electrons. The van der Waals surface area contributed by atoms with Crippen molar-refractivity contribution in [1.29, 1.82) is 0 Å². The molecule has 2 aromatic carbocycles. The standard InChI is InChI=1S/C18H12N6/c1-3-7-13(8-4-1)15-22-16(14-9-5-2-6-10-14)24-18(23-15)17-20-11-19-12-21-17/h1-12H. The predicted molar refractivity (Wildman–Crippen MR) is 89.5 cm³/mol. The van der Waals surface area contributed by atoms with Crippen LogP contribution >= 0.6 is 0 Å². The molecule has 0 fully saturated rings. The van der Waals surface area contributed by atoms with Gasteiger partial charge in [-0.3, -0.25) is 0 Å². The molecule has 24 heavy (non-hydrogen) atoms. The van der Waals surface area contributed by atoms with Crippen LogP contribution in [0.25, 0.3) is 34.4 Å². The topological polar surface area (TPSA) is 77.3 Å². The molecular formula is C18H12N6. The van der Waals surface area contributed by atoms with Crippen LogP contribution in [0.2, 0.25) is 0 Å². The highest BCUT2D eigenvalue weighted by Gasteiger charge is 2.13. The van der Waals surface area contributed by atoms with Gasteiger partial charge in [0.1, 0.15) is 12.7 Å². The molecule has 2 heterocycles. The van der Waals surface area contributed by atoms with Crippen molar-refractivity contribution in [1.82, 2.24) is 29.9 Å². The molecule has 0 bridgehead atoms. The van der Waals surface area contributed by atoms with Crippen LogP contribution < -0.4 is 0 Å². The van der Waals surface area contributed by atoms with Crippen LogP contribution in [-0.4, -0.2) is 29.9 Å². The lowest BCUT2D eigenvalue weighted by atomic mass is 10.2. The SMILES string of the molecule is c1ccc(-c2nc(-c3ccccc3)nc(-c3ncncn3)n2)cc1. The average Bonchev–Trinajstić information content (AvgIpc) is 2.70. The molecule has 0 N–H and O–H groups in total. The lowest BCUT2D eigenvalue weighted by Crippen LogP contribution is -2.02. The van der Waals surface area contributed by atoms with E-state index < -0.39 is 0 Å². The van der Waals surface area contributed by atoms with E-state index in [4.69, 9.17) is 0 Å². The van der Waals surface area contributed by atoms with Gasteiger partial charge in [-0.05, 0) is 0 Å². The van der Waals surface area contributed by atoms with Crippen LogP contribution in [0, 0.1) is 0 Å². The third-order valence-electron chi connectivity index (χ3n) is 3.39. The summed E-state index contributed by atoms with van der Waals surface area (Å²) in [6.45, 7) is 0. The van der Waals surface area contributed by atoms with Crippen molar-refractivity contribution >= 4 is 0 Å². The van der Waals surface area contributed by atoms with Gasteiger partial charge in [-0.25, -0.2) is 29.9 Å². The lowest BCUT2D eigenvalue weighted by Gasteiger charge is -2.06. The fourth-order valence-electron chi connectivity index (χ4n) is 2.26. The summed E-state index contributed by atoms with van der Waals surface area (Å²) in [5.74, 6) is 2.01. The summed E-state index contributed by atoms with van der Waals surface area (Å²) in [4.78, 5) is 25.8. The van der Waals surface area contributed by atoms with Gasteiger partial charge in [-0.15, -0.1) is 0 Å². The molecule has 0 amide bonds. The third kappa shape index (κ3) is 2.85. The van der Waals surface area contributed by atoms with E-state index in [9.17, 15) is 0 Å². The molecule has 0 spiro atoms. The highest BCUT2D eigenvalue weighted by molar-refractivity contribution is 5.63. The largest absolute Gasteiger partial charge is 0.225 e. The summed E-state index contributed by atoms with van der Waals surface area (Å²) in [6.07, 6.45) is 2.85. The smallest absolute Gasteiger partial charge is 0.201 e. The molecule has 4 aromatic rings. The highest BCUT2D eigenvalue weighted by Crippen LogP contribution is 2.22. The van der Waals surface area contributed by atoms with Crippen molar-refractivity contribution in [2.75, 3.05) is 0 Å². The van der Waals surface area contributed by atoms with Gasteiger partial charge in [0, 0.05) is 11.1 Å². The van der Waals surface area contributed by atoms with E-state index in [1.54, 1.807) is 0 Å². The Morgan fingerprint density at radius 3 is 1.42 bits per heavy atom. The maximum Gasteiger partial charge on any atom is 0.201 e. The van der Waals surface area contributed by atoms with Crippen LogP contribution in [0.4, 0.5) is 0 Å². The van der Waals surface area contributed by atoms with Crippen molar-refractivity contribution in [2.45, 2.75) is 0 Å². The quantitative estimate of drug-likeness (QED) is 0.578. The van der Waals surface area contributed by atoms with Gasteiger partial charge in [0.2, 0.25) is 11.6 Å². The fourth-order valence-corrected chi connectivity index (χ4v) is 2.26. The Morgan fingerprint density at radius 1 is 0.458 bits per heavy atom. The molecule has 0 unspecified atom stereocenters. The van der Waals surface area contributed by atoms with E-state index >= 15 is 0 Å². The highest BCUT2D eigenvalue weighted by atomic mass is 15.1. The van der Waals surface area contributed by atoms with Crippen LogP contribution in [0.3, 0.4) is 0 Å². The Balaban J connectivity index is 1.92. The minimum Gasteiger partial charge on any atom is -0.225 e. The Morgan fingerprint density at radius 2 is 0.917 bits per heavy atom. The Bertz CT molecular complexity index is 803. The first-order valence-electron chi connectivity index (χ1n) is 7.39. The molecule has 4 rings (SSSR count). The minimum atomic E-state index is 0.418. The molecule has 6 heteroatoms. The number of rotatable bonds is 3. The molecule has 0 atom stereocenters. The van der Waals surface area contributed by atoms with Crippen molar-refractivity contribution in [3.05, 3.63) is 73.3 Å². The van der Waals surface area contributed by atoms with E-state index in [0.29, 0.717) is 23.3 Å². The van der Waals surface area contributed by atoms with Gasteiger partial charge in [0.25, 0.3) is 0 Å². The zero-order valence-corrected chi connectivity index (χ0v) is 12.6. The monoisotopic (exact) mass is 312 g/mol. The summed E-state index contributed by atoms with van der Waals surface area (Å²) >= 11 is 0. The zero-order valence-electron chi connectivity index (χ0n) is 12.6. The van der Waals surface area contributed by atoms with E-state index in [-0.39, 0.29) is 0 Å². The van der Waals surface area contributed by atoms with Crippen molar-refractivity contribution in [2.24, 2.45) is 0 Å². The molecule has 0 aliphatic carbocycles. The normalized spacial score (nSPS) is 10.5. The molecule has 6 nitrogen and oxygen atoms in total. The van der Waals surface area contributed by atoms with Crippen LogP contribution in [0.5, 0.6) is 0 Å². The molecule has 0 aliphatic heterocycles. The number of hydrogen-bond donors (Lipinski definition) is 0. The van der Waals surface area contributed by atoms with Crippen LogP contribution in [0.1, 0.15) is 0 Å². The number of aromatic nitrogens is 6. The molecule has 0 saturated carbocycles. The Hall–Kier alpha value is -3.54. The fraction of sp³-hybridized carbons (Fsp3) is 0. The molecule has 0 saturated heterocycles. The second-order valence-corrected chi connectivity index (χ2v) is 5.00. The van der Waals surface area contributed by atoms with Gasteiger partial charge in [-0.1, -0.05) is 60.7 Å². The Kier molecular flexibility index (Phi) is 3.69. The Labute approximate surface area is 138 Å². The van der Waals surface area contributed by atoms with Crippen LogP contribution in [0.15, 0.2) is 73.3 Å². The second-order valence-electron chi connectivity index (χ2n) is 5.00. The van der Waals surface area contributed by atoms with Gasteiger partial charge >= 0.3 is 0 Å². The van der Waals surface area contributed by atoms with Crippen LogP contribution in [-0.2, 0) is 0 Å². The summed E-state index contributed by atoms with van der Waals surface area (Å²) in [6, 6.07) is 19.5. The van der Waals surface area contributed by atoms with Gasteiger partial charge in [0.15, 0.2) is 11.6 Å². The first-order chi connectivity index (χ1) is 11.9. The zero-order chi connectivity index (χ0) is 16.2. The summed E-state index contributed by atoms with van der Waals surface area (Å²) in [5.41, 5.74) is 1.82. The number of benzene rings is 2. The number of nitrogens with zero attached hydrogens (tertiary/aromatic N) is 6. The third-order valence-corrected chi connectivity index (χ3v) is 3.39. The first-order valence-corrected chi connectivity index (χ1v) is 7.39. The van der Waals surface area contributed by atoms with Crippen molar-refractivity contribution in [3.8, 4) is 34.4 Å². The molecule has 2 aromatic heterocycles. The summed E-state index contributed by atoms with van der Waals surface area (Å²) in [7, 11) is 0.